The van der Waals surface area contributed by atoms with Crippen molar-refractivity contribution in [3.63, 3.8) is 0 Å². The lowest BCUT2D eigenvalue weighted by Gasteiger charge is -2.41. The Morgan fingerprint density at radius 1 is 1.24 bits per heavy atom. The maximum absolute atomic E-state index is 13.4. The molecular weight excluding hydrogens is 366 g/mol. The van der Waals surface area contributed by atoms with E-state index in [2.05, 4.69) is 4.98 Å². The summed E-state index contributed by atoms with van der Waals surface area (Å²) in [4.78, 5) is 33.9. The number of hydrogen-bond acceptors (Lipinski definition) is 4. The Morgan fingerprint density at radius 3 is 2.69 bits per heavy atom. The predicted molar refractivity (Wildman–Crippen MR) is 111 cm³/mol. The summed E-state index contributed by atoms with van der Waals surface area (Å²) in [5.41, 5.74) is 1.85. The number of carbonyl (C=O) groups is 2. The first-order valence-electron chi connectivity index (χ1n) is 10.1. The van der Waals surface area contributed by atoms with E-state index in [1.54, 1.807) is 18.2 Å². The highest BCUT2D eigenvalue weighted by Gasteiger charge is 2.42. The third-order valence-corrected chi connectivity index (χ3v) is 5.63. The van der Waals surface area contributed by atoms with Gasteiger partial charge in [0.15, 0.2) is 0 Å². The van der Waals surface area contributed by atoms with Gasteiger partial charge in [-0.3, -0.25) is 14.6 Å². The van der Waals surface area contributed by atoms with E-state index in [-0.39, 0.29) is 23.8 Å². The van der Waals surface area contributed by atoms with E-state index < -0.39 is 0 Å². The number of methoxy groups -OCH3 is 1. The molecule has 0 spiro atoms. The highest BCUT2D eigenvalue weighted by atomic mass is 16.5. The Labute approximate surface area is 172 Å². The topological polar surface area (TPSA) is 62.7 Å². The van der Waals surface area contributed by atoms with Crippen LogP contribution in [-0.2, 0) is 16.0 Å². The lowest BCUT2D eigenvalue weighted by atomic mass is 9.83. The summed E-state index contributed by atoms with van der Waals surface area (Å²) >= 11 is 0. The molecule has 1 aromatic carbocycles. The Kier molecular flexibility index (Phi) is 6.86. The number of aromatic nitrogens is 1. The minimum Gasteiger partial charge on any atom is -0.496 e. The SMILES string of the molecule is CCN1C(=O)CC[C@@H](C(=O)N(C)CCc2ccccn2)[C@@H]1c1ccccc1OC. The van der Waals surface area contributed by atoms with Gasteiger partial charge in [-0.15, -0.1) is 0 Å². The molecule has 29 heavy (non-hydrogen) atoms. The molecule has 6 heteroatoms. The lowest BCUT2D eigenvalue weighted by Crippen LogP contribution is -2.48. The number of piperidine rings is 1. The molecule has 1 aliphatic rings. The maximum atomic E-state index is 13.4. The van der Waals surface area contributed by atoms with Crippen LogP contribution in [0, 0.1) is 5.92 Å². The normalized spacial score (nSPS) is 19.1. The van der Waals surface area contributed by atoms with Crippen molar-refractivity contribution >= 4 is 11.8 Å². The number of para-hydroxylation sites is 1. The van der Waals surface area contributed by atoms with Gasteiger partial charge in [0.2, 0.25) is 11.8 Å². The van der Waals surface area contributed by atoms with Crippen LogP contribution in [0.25, 0.3) is 0 Å². The van der Waals surface area contributed by atoms with Crippen molar-refractivity contribution in [2.45, 2.75) is 32.2 Å². The van der Waals surface area contributed by atoms with E-state index in [4.69, 9.17) is 4.74 Å². The second-order valence-corrected chi connectivity index (χ2v) is 7.34. The Bertz CT molecular complexity index is 840. The Morgan fingerprint density at radius 2 is 2.00 bits per heavy atom. The quantitative estimate of drug-likeness (QED) is 0.723. The van der Waals surface area contributed by atoms with Gasteiger partial charge in [-0.25, -0.2) is 0 Å². The fourth-order valence-electron chi connectivity index (χ4n) is 4.10. The first-order chi connectivity index (χ1) is 14.1. The van der Waals surface area contributed by atoms with Crippen molar-refractivity contribution in [3.8, 4) is 5.75 Å². The average molecular weight is 396 g/mol. The fraction of sp³-hybridized carbons (Fsp3) is 0.435. The van der Waals surface area contributed by atoms with Crippen LogP contribution >= 0.6 is 0 Å². The summed E-state index contributed by atoms with van der Waals surface area (Å²) in [5.74, 6) is 0.559. The Hall–Kier alpha value is -2.89. The zero-order valence-corrected chi connectivity index (χ0v) is 17.4. The van der Waals surface area contributed by atoms with Gasteiger partial charge in [-0.05, 0) is 31.5 Å². The van der Waals surface area contributed by atoms with Crippen LogP contribution in [0.4, 0.5) is 0 Å². The Balaban J connectivity index is 1.84. The van der Waals surface area contributed by atoms with Crippen LogP contribution in [0.15, 0.2) is 48.7 Å². The fourth-order valence-corrected chi connectivity index (χ4v) is 4.10. The number of ether oxygens (including phenoxy) is 1. The van der Waals surface area contributed by atoms with Gasteiger partial charge in [-0.1, -0.05) is 24.3 Å². The largest absolute Gasteiger partial charge is 0.496 e. The molecule has 6 nitrogen and oxygen atoms in total. The molecule has 2 aromatic rings. The number of rotatable bonds is 7. The van der Waals surface area contributed by atoms with Crippen molar-refractivity contribution in [2.75, 3.05) is 27.2 Å². The summed E-state index contributed by atoms with van der Waals surface area (Å²) in [5, 5.41) is 0. The molecule has 1 fully saturated rings. The lowest BCUT2D eigenvalue weighted by molar-refractivity contribution is -0.147. The van der Waals surface area contributed by atoms with Gasteiger partial charge in [0.1, 0.15) is 5.75 Å². The molecule has 1 saturated heterocycles. The standard InChI is InChI=1S/C23H29N3O3/c1-4-26-21(27)13-12-19(22(26)18-10-5-6-11-20(18)29-3)23(28)25(2)16-14-17-9-7-8-15-24-17/h5-11,15,19,22H,4,12-14,16H2,1-3H3/t19-,22+/m1/s1. The maximum Gasteiger partial charge on any atom is 0.227 e. The molecule has 1 aliphatic heterocycles. The summed E-state index contributed by atoms with van der Waals surface area (Å²) in [7, 11) is 3.45. The number of hydrogen-bond donors (Lipinski definition) is 0. The smallest absolute Gasteiger partial charge is 0.227 e. The molecule has 2 atom stereocenters. The number of amides is 2. The molecular formula is C23H29N3O3. The average Bonchev–Trinajstić information content (AvgIpc) is 2.77. The van der Waals surface area contributed by atoms with Gasteiger partial charge in [0.25, 0.3) is 0 Å². The number of pyridine rings is 1. The number of likely N-dealkylation sites (tertiary alicyclic amines) is 1. The summed E-state index contributed by atoms with van der Waals surface area (Å²) in [6, 6.07) is 13.2. The third-order valence-electron chi connectivity index (χ3n) is 5.63. The number of nitrogens with zero attached hydrogens (tertiary/aromatic N) is 3. The molecule has 1 aromatic heterocycles. The van der Waals surface area contributed by atoms with Gasteiger partial charge in [-0.2, -0.15) is 0 Å². The van der Waals surface area contributed by atoms with Crippen LogP contribution in [0.5, 0.6) is 5.75 Å². The summed E-state index contributed by atoms with van der Waals surface area (Å²) < 4.78 is 5.55. The highest BCUT2D eigenvalue weighted by Crippen LogP contribution is 2.41. The predicted octanol–water partition coefficient (Wildman–Crippen LogP) is 3.09. The molecule has 0 radical (unpaired) electrons. The van der Waals surface area contributed by atoms with Gasteiger partial charge in [0, 0.05) is 50.4 Å². The minimum atomic E-state index is -0.317. The molecule has 2 heterocycles. The molecule has 2 amide bonds. The third kappa shape index (κ3) is 4.58. The summed E-state index contributed by atoms with van der Waals surface area (Å²) in [6.45, 7) is 3.10. The molecule has 3 rings (SSSR count). The second-order valence-electron chi connectivity index (χ2n) is 7.34. The minimum absolute atomic E-state index is 0.0581. The van der Waals surface area contributed by atoms with Crippen LogP contribution in [-0.4, -0.2) is 53.8 Å². The second kappa shape index (κ2) is 9.54. The van der Waals surface area contributed by atoms with Gasteiger partial charge < -0.3 is 14.5 Å². The molecule has 0 unspecified atom stereocenters. The number of carbonyl (C=O) groups excluding carboxylic acids is 2. The van der Waals surface area contributed by atoms with Crippen LogP contribution in [0.2, 0.25) is 0 Å². The van der Waals surface area contributed by atoms with Crippen molar-refractivity contribution in [1.82, 2.24) is 14.8 Å². The van der Waals surface area contributed by atoms with E-state index in [1.165, 1.54) is 0 Å². The van der Waals surface area contributed by atoms with E-state index >= 15 is 0 Å². The van der Waals surface area contributed by atoms with E-state index in [0.717, 1.165) is 11.3 Å². The van der Waals surface area contributed by atoms with Crippen molar-refractivity contribution in [3.05, 3.63) is 59.9 Å². The zero-order valence-electron chi connectivity index (χ0n) is 17.4. The van der Waals surface area contributed by atoms with Crippen LogP contribution < -0.4 is 4.74 Å². The zero-order chi connectivity index (χ0) is 20.8. The molecule has 0 saturated carbocycles. The number of likely N-dealkylation sites (N-methyl/N-ethyl adjacent to an activating group) is 1. The van der Waals surface area contributed by atoms with Crippen LogP contribution in [0.1, 0.15) is 37.1 Å². The van der Waals surface area contributed by atoms with E-state index in [1.807, 2.05) is 61.3 Å². The van der Waals surface area contributed by atoms with E-state index in [9.17, 15) is 9.59 Å². The van der Waals surface area contributed by atoms with Crippen molar-refractivity contribution < 1.29 is 14.3 Å². The molecule has 0 bridgehead atoms. The molecule has 154 valence electrons. The van der Waals surface area contributed by atoms with E-state index in [0.29, 0.717) is 38.1 Å². The molecule has 0 N–H and O–H groups in total. The van der Waals surface area contributed by atoms with Gasteiger partial charge >= 0.3 is 0 Å². The van der Waals surface area contributed by atoms with Crippen molar-refractivity contribution in [1.29, 1.82) is 0 Å². The first kappa shape index (κ1) is 20.8. The number of benzene rings is 1. The van der Waals surface area contributed by atoms with Gasteiger partial charge in [0.05, 0.1) is 19.1 Å². The van der Waals surface area contributed by atoms with Crippen molar-refractivity contribution in [2.24, 2.45) is 5.92 Å². The monoisotopic (exact) mass is 395 g/mol. The molecule has 0 aliphatic carbocycles. The van der Waals surface area contributed by atoms with Crippen LogP contribution in [0.3, 0.4) is 0 Å². The summed E-state index contributed by atoms with van der Waals surface area (Å²) in [6.07, 6.45) is 3.40. The highest BCUT2D eigenvalue weighted by molar-refractivity contribution is 5.85. The first-order valence-corrected chi connectivity index (χ1v) is 10.1.